The summed E-state index contributed by atoms with van der Waals surface area (Å²) in [4.78, 5) is 5.94. The molecule has 1 N–H and O–H groups in total. The van der Waals surface area contributed by atoms with Gasteiger partial charge in [-0.2, -0.15) is 0 Å². The molecule has 0 aliphatic carbocycles. The van der Waals surface area contributed by atoms with Gasteiger partial charge in [-0.3, -0.25) is 0 Å². The SMILES string of the molecule is CNCc1sc(Cc2cccc(Br)c2)nc1COC. The van der Waals surface area contributed by atoms with E-state index in [-0.39, 0.29) is 0 Å². The van der Waals surface area contributed by atoms with Gasteiger partial charge in [0.15, 0.2) is 0 Å². The Labute approximate surface area is 126 Å². The second kappa shape index (κ2) is 7.14. The van der Waals surface area contributed by atoms with Crippen molar-refractivity contribution in [2.24, 2.45) is 0 Å². The molecule has 19 heavy (non-hydrogen) atoms. The highest BCUT2D eigenvalue weighted by Gasteiger charge is 2.11. The third-order valence-corrected chi connectivity index (χ3v) is 4.28. The van der Waals surface area contributed by atoms with Gasteiger partial charge in [-0.25, -0.2) is 4.98 Å². The van der Waals surface area contributed by atoms with E-state index in [4.69, 9.17) is 4.74 Å². The van der Waals surface area contributed by atoms with Crippen molar-refractivity contribution in [2.75, 3.05) is 14.2 Å². The maximum atomic E-state index is 5.21. The molecule has 0 radical (unpaired) electrons. The number of thiazole rings is 1. The third kappa shape index (κ3) is 4.11. The molecule has 0 fully saturated rings. The second-order valence-electron chi connectivity index (χ2n) is 4.25. The fraction of sp³-hybridized carbons (Fsp3) is 0.357. The highest BCUT2D eigenvalue weighted by molar-refractivity contribution is 9.10. The largest absolute Gasteiger partial charge is 0.378 e. The Morgan fingerprint density at radius 2 is 2.26 bits per heavy atom. The molecule has 0 aliphatic heterocycles. The van der Waals surface area contributed by atoms with Crippen molar-refractivity contribution < 1.29 is 4.74 Å². The van der Waals surface area contributed by atoms with Gasteiger partial charge in [0.05, 0.1) is 17.3 Å². The molecule has 0 amide bonds. The van der Waals surface area contributed by atoms with Gasteiger partial charge in [-0.1, -0.05) is 28.1 Å². The molecule has 5 heteroatoms. The van der Waals surface area contributed by atoms with Crippen molar-refractivity contribution in [2.45, 2.75) is 19.6 Å². The molecule has 0 saturated heterocycles. The molecule has 0 saturated carbocycles. The van der Waals surface area contributed by atoms with Gasteiger partial charge in [0.25, 0.3) is 0 Å². The lowest BCUT2D eigenvalue weighted by molar-refractivity contribution is 0.181. The molecular formula is C14H17BrN2OS. The van der Waals surface area contributed by atoms with E-state index < -0.39 is 0 Å². The van der Waals surface area contributed by atoms with E-state index in [9.17, 15) is 0 Å². The van der Waals surface area contributed by atoms with Crippen LogP contribution in [0.4, 0.5) is 0 Å². The van der Waals surface area contributed by atoms with Crippen LogP contribution in [0.5, 0.6) is 0 Å². The van der Waals surface area contributed by atoms with Crippen molar-refractivity contribution in [1.82, 2.24) is 10.3 Å². The Hall–Kier alpha value is -0.750. The van der Waals surface area contributed by atoms with Gasteiger partial charge in [-0.05, 0) is 24.7 Å². The summed E-state index contributed by atoms with van der Waals surface area (Å²) in [6.07, 6.45) is 0.866. The van der Waals surface area contributed by atoms with Crippen LogP contribution >= 0.6 is 27.3 Å². The summed E-state index contributed by atoms with van der Waals surface area (Å²) in [6, 6.07) is 8.35. The summed E-state index contributed by atoms with van der Waals surface area (Å²) in [7, 11) is 3.65. The first kappa shape index (κ1) is 14.7. The van der Waals surface area contributed by atoms with E-state index in [1.807, 2.05) is 13.1 Å². The minimum Gasteiger partial charge on any atom is -0.378 e. The van der Waals surface area contributed by atoms with Gasteiger partial charge >= 0.3 is 0 Å². The highest BCUT2D eigenvalue weighted by Crippen LogP contribution is 2.23. The standard InChI is InChI=1S/C14H17BrN2OS/c1-16-8-13-12(9-18-2)17-14(19-13)7-10-4-3-5-11(15)6-10/h3-6,16H,7-9H2,1-2H3. The predicted molar refractivity (Wildman–Crippen MR) is 82.5 cm³/mol. The third-order valence-electron chi connectivity index (χ3n) is 2.69. The summed E-state index contributed by atoms with van der Waals surface area (Å²) >= 11 is 5.25. The zero-order chi connectivity index (χ0) is 13.7. The summed E-state index contributed by atoms with van der Waals surface area (Å²) in [5, 5.41) is 4.31. The summed E-state index contributed by atoms with van der Waals surface area (Å²) in [6.45, 7) is 1.42. The number of benzene rings is 1. The number of hydrogen-bond acceptors (Lipinski definition) is 4. The van der Waals surface area contributed by atoms with Crippen molar-refractivity contribution in [3.63, 3.8) is 0 Å². The molecule has 1 aromatic heterocycles. The fourth-order valence-corrected chi connectivity index (χ4v) is 3.45. The van der Waals surface area contributed by atoms with Gasteiger partial charge in [0.1, 0.15) is 0 Å². The molecule has 2 rings (SSSR count). The number of aromatic nitrogens is 1. The average Bonchev–Trinajstić information content (AvgIpc) is 2.72. The van der Waals surface area contributed by atoms with Crippen molar-refractivity contribution >= 4 is 27.3 Å². The highest BCUT2D eigenvalue weighted by atomic mass is 79.9. The first-order valence-corrected chi connectivity index (χ1v) is 7.69. The molecule has 0 spiro atoms. The smallest absolute Gasteiger partial charge is 0.0976 e. The molecule has 0 atom stereocenters. The van der Waals surface area contributed by atoms with Crippen LogP contribution in [0.25, 0.3) is 0 Å². The van der Waals surface area contributed by atoms with E-state index in [1.165, 1.54) is 10.4 Å². The Morgan fingerprint density at radius 1 is 1.42 bits per heavy atom. The zero-order valence-electron chi connectivity index (χ0n) is 11.1. The van der Waals surface area contributed by atoms with Gasteiger partial charge in [0.2, 0.25) is 0 Å². The number of methoxy groups -OCH3 is 1. The summed E-state index contributed by atoms with van der Waals surface area (Å²) in [5.41, 5.74) is 2.31. The Balaban J connectivity index is 2.18. The monoisotopic (exact) mass is 340 g/mol. The maximum absolute atomic E-state index is 5.21. The minimum absolute atomic E-state index is 0.575. The van der Waals surface area contributed by atoms with E-state index in [0.29, 0.717) is 6.61 Å². The maximum Gasteiger partial charge on any atom is 0.0976 e. The molecule has 102 valence electrons. The molecule has 2 aromatic rings. The van der Waals surface area contributed by atoms with E-state index in [1.54, 1.807) is 18.4 Å². The van der Waals surface area contributed by atoms with Crippen molar-refractivity contribution in [3.8, 4) is 0 Å². The van der Waals surface area contributed by atoms with Crippen molar-refractivity contribution in [1.29, 1.82) is 0 Å². The zero-order valence-corrected chi connectivity index (χ0v) is 13.5. The predicted octanol–water partition coefficient (Wildman–Crippen LogP) is 3.36. The van der Waals surface area contributed by atoms with Gasteiger partial charge < -0.3 is 10.1 Å². The van der Waals surface area contributed by atoms with Crippen LogP contribution in [-0.2, 0) is 24.3 Å². The summed E-state index contributed by atoms with van der Waals surface area (Å²) < 4.78 is 6.31. The molecule has 0 unspecified atom stereocenters. The molecule has 1 aromatic carbocycles. The minimum atomic E-state index is 0.575. The van der Waals surface area contributed by atoms with Gasteiger partial charge in [0, 0.05) is 29.4 Å². The second-order valence-corrected chi connectivity index (χ2v) is 6.33. The number of ether oxygens (including phenoxy) is 1. The number of nitrogens with zero attached hydrogens (tertiary/aromatic N) is 1. The van der Waals surface area contributed by atoms with Crippen LogP contribution in [0.3, 0.4) is 0 Å². The fourth-order valence-electron chi connectivity index (χ4n) is 1.88. The molecule has 1 heterocycles. The van der Waals surface area contributed by atoms with Crippen LogP contribution in [0.15, 0.2) is 28.7 Å². The van der Waals surface area contributed by atoms with E-state index in [2.05, 4.69) is 44.4 Å². The number of rotatable bonds is 6. The van der Waals surface area contributed by atoms with Gasteiger partial charge in [-0.15, -0.1) is 11.3 Å². The van der Waals surface area contributed by atoms with Crippen molar-refractivity contribution in [3.05, 3.63) is 49.9 Å². The Kier molecular flexibility index (Phi) is 5.51. The number of hydrogen-bond donors (Lipinski definition) is 1. The van der Waals surface area contributed by atoms with Crippen LogP contribution in [0.1, 0.15) is 21.1 Å². The lowest BCUT2D eigenvalue weighted by Crippen LogP contribution is -2.06. The average molecular weight is 341 g/mol. The number of nitrogens with one attached hydrogen (secondary N) is 1. The molecular weight excluding hydrogens is 324 g/mol. The quantitative estimate of drug-likeness (QED) is 0.875. The summed E-state index contributed by atoms with van der Waals surface area (Å²) in [5.74, 6) is 0. The normalized spacial score (nSPS) is 10.9. The first-order chi connectivity index (χ1) is 9.22. The molecule has 3 nitrogen and oxygen atoms in total. The topological polar surface area (TPSA) is 34.2 Å². The lowest BCUT2D eigenvalue weighted by Gasteiger charge is -1.98. The molecule has 0 bridgehead atoms. The first-order valence-electron chi connectivity index (χ1n) is 6.08. The molecule has 0 aliphatic rings. The van der Waals surface area contributed by atoms with Crippen LogP contribution in [0.2, 0.25) is 0 Å². The Morgan fingerprint density at radius 3 is 2.95 bits per heavy atom. The van der Waals surface area contributed by atoms with Crippen LogP contribution < -0.4 is 5.32 Å². The van der Waals surface area contributed by atoms with Crippen LogP contribution in [-0.4, -0.2) is 19.1 Å². The van der Waals surface area contributed by atoms with E-state index in [0.717, 1.165) is 28.1 Å². The van der Waals surface area contributed by atoms with Crippen LogP contribution in [0, 0.1) is 0 Å². The number of halogens is 1. The Bertz CT molecular complexity index is 518. The van der Waals surface area contributed by atoms with E-state index >= 15 is 0 Å². The lowest BCUT2D eigenvalue weighted by atomic mass is 10.2.